The molecule has 0 spiro atoms. The van der Waals surface area contributed by atoms with Gasteiger partial charge in [0.25, 0.3) is 0 Å². The van der Waals surface area contributed by atoms with Gasteiger partial charge in [-0.2, -0.15) is 5.10 Å². The third-order valence-corrected chi connectivity index (χ3v) is 4.14. The molecular weight excluding hydrogens is 332 g/mol. The van der Waals surface area contributed by atoms with Crippen LogP contribution in [0.1, 0.15) is 19.6 Å². The average molecular weight is 358 g/mol. The summed E-state index contributed by atoms with van der Waals surface area (Å²) >= 11 is 0. The number of aliphatic imine (C=N–C) groups is 1. The van der Waals surface area contributed by atoms with Gasteiger partial charge in [0.15, 0.2) is 5.96 Å². The standard InChI is InChI=1S/C18H26N6O2/c1-14(2)21-18(19-7-6-16-5-4-10-26-16)23-8-9-24(17(25)13-23)15-11-20-22(3)12-15/h4-5,10-12,14H,6-9,13H2,1-3H3,(H,19,21). The van der Waals surface area contributed by atoms with E-state index in [1.807, 2.05) is 30.3 Å². The maximum Gasteiger partial charge on any atom is 0.246 e. The lowest BCUT2D eigenvalue weighted by Gasteiger charge is -2.36. The zero-order chi connectivity index (χ0) is 18.5. The van der Waals surface area contributed by atoms with Gasteiger partial charge in [-0.25, -0.2) is 0 Å². The Labute approximate surface area is 153 Å². The SMILES string of the molecule is CC(C)NC(=NCCc1ccco1)N1CCN(c2cnn(C)c2)C(=O)C1. The normalized spacial score (nSPS) is 15.8. The monoisotopic (exact) mass is 358 g/mol. The first-order valence-electron chi connectivity index (χ1n) is 8.90. The molecule has 1 fully saturated rings. The number of guanidine groups is 1. The number of furan rings is 1. The molecule has 26 heavy (non-hydrogen) atoms. The highest BCUT2D eigenvalue weighted by Gasteiger charge is 2.28. The Hall–Kier alpha value is -2.77. The lowest BCUT2D eigenvalue weighted by Crippen LogP contribution is -2.56. The summed E-state index contributed by atoms with van der Waals surface area (Å²) in [6.45, 7) is 6.38. The number of piperazine rings is 1. The maximum absolute atomic E-state index is 12.6. The van der Waals surface area contributed by atoms with Crippen molar-refractivity contribution >= 4 is 17.6 Å². The van der Waals surface area contributed by atoms with E-state index in [0.717, 1.165) is 30.4 Å². The molecule has 3 heterocycles. The van der Waals surface area contributed by atoms with Crippen LogP contribution in [0.15, 0.2) is 40.2 Å². The molecule has 2 aromatic heterocycles. The van der Waals surface area contributed by atoms with Crippen molar-refractivity contribution in [2.45, 2.75) is 26.3 Å². The van der Waals surface area contributed by atoms with E-state index >= 15 is 0 Å². The van der Waals surface area contributed by atoms with Gasteiger partial charge in [0.1, 0.15) is 12.3 Å². The first-order chi connectivity index (χ1) is 12.5. The van der Waals surface area contributed by atoms with Crippen molar-refractivity contribution in [3.63, 3.8) is 0 Å². The average Bonchev–Trinajstić information content (AvgIpc) is 3.25. The molecule has 1 saturated heterocycles. The number of hydrogen-bond acceptors (Lipinski definition) is 4. The van der Waals surface area contributed by atoms with Crippen LogP contribution in [0, 0.1) is 0 Å². The second-order valence-electron chi connectivity index (χ2n) is 6.67. The van der Waals surface area contributed by atoms with Crippen LogP contribution in [0.25, 0.3) is 0 Å². The fourth-order valence-corrected chi connectivity index (χ4v) is 2.90. The van der Waals surface area contributed by atoms with Gasteiger partial charge in [-0.3, -0.25) is 14.5 Å². The number of aryl methyl sites for hydroxylation is 1. The van der Waals surface area contributed by atoms with Crippen LogP contribution in [0.3, 0.4) is 0 Å². The van der Waals surface area contributed by atoms with Crippen molar-refractivity contribution in [2.24, 2.45) is 12.0 Å². The Morgan fingerprint density at radius 3 is 2.88 bits per heavy atom. The van der Waals surface area contributed by atoms with Gasteiger partial charge in [-0.05, 0) is 26.0 Å². The van der Waals surface area contributed by atoms with Crippen LogP contribution < -0.4 is 10.2 Å². The third-order valence-electron chi connectivity index (χ3n) is 4.14. The number of nitrogens with one attached hydrogen (secondary N) is 1. The summed E-state index contributed by atoms with van der Waals surface area (Å²) in [6.07, 6.45) is 5.99. The molecule has 0 aromatic carbocycles. The first kappa shape index (κ1) is 18.0. The second kappa shape index (κ2) is 8.07. The minimum Gasteiger partial charge on any atom is -0.469 e. The predicted octanol–water partition coefficient (Wildman–Crippen LogP) is 1.26. The van der Waals surface area contributed by atoms with E-state index < -0.39 is 0 Å². The Balaban J connectivity index is 1.64. The molecule has 1 aliphatic heterocycles. The molecule has 0 aliphatic carbocycles. The van der Waals surface area contributed by atoms with Gasteiger partial charge < -0.3 is 19.5 Å². The lowest BCUT2D eigenvalue weighted by atomic mass is 10.3. The number of amides is 1. The van der Waals surface area contributed by atoms with Crippen molar-refractivity contribution in [3.8, 4) is 0 Å². The molecule has 0 radical (unpaired) electrons. The van der Waals surface area contributed by atoms with Crippen molar-refractivity contribution in [1.29, 1.82) is 0 Å². The summed E-state index contributed by atoms with van der Waals surface area (Å²) in [4.78, 5) is 21.1. The zero-order valence-corrected chi connectivity index (χ0v) is 15.6. The van der Waals surface area contributed by atoms with Crippen molar-refractivity contribution < 1.29 is 9.21 Å². The quantitative estimate of drug-likeness (QED) is 0.643. The van der Waals surface area contributed by atoms with Gasteiger partial charge in [0.2, 0.25) is 5.91 Å². The number of aromatic nitrogens is 2. The van der Waals surface area contributed by atoms with Crippen LogP contribution in [-0.4, -0.2) is 58.8 Å². The summed E-state index contributed by atoms with van der Waals surface area (Å²) in [7, 11) is 1.85. The number of hydrogen-bond donors (Lipinski definition) is 1. The van der Waals surface area contributed by atoms with Crippen LogP contribution in [0.4, 0.5) is 5.69 Å². The number of nitrogens with zero attached hydrogens (tertiary/aromatic N) is 5. The smallest absolute Gasteiger partial charge is 0.246 e. The molecule has 2 aromatic rings. The van der Waals surface area contributed by atoms with Crippen molar-refractivity contribution in [1.82, 2.24) is 20.0 Å². The Kier molecular flexibility index (Phi) is 5.60. The zero-order valence-electron chi connectivity index (χ0n) is 15.6. The van der Waals surface area contributed by atoms with Crippen LogP contribution in [0.2, 0.25) is 0 Å². The minimum atomic E-state index is 0.0496. The van der Waals surface area contributed by atoms with E-state index in [1.165, 1.54) is 0 Å². The molecule has 1 N–H and O–H groups in total. The van der Waals surface area contributed by atoms with Gasteiger partial charge >= 0.3 is 0 Å². The molecule has 3 rings (SSSR count). The van der Waals surface area contributed by atoms with Gasteiger partial charge in [-0.15, -0.1) is 0 Å². The third kappa shape index (κ3) is 4.44. The van der Waals surface area contributed by atoms with Crippen molar-refractivity contribution in [2.75, 3.05) is 31.1 Å². The van der Waals surface area contributed by atoms with E-state index in [0.29, 0.717) is 19.6 Å². The molecule has 8 nitrogen and oxygen atoms in total. The molecule has 1 amide bonds. The summed E-state index contributed by atoms with van der Waals surface area (Å²) in [5, 5.41) is 7.52. The molecule has 140 valence electrons. The van der Waals surface area contributed by atoms with E-state index in [9.17, 15) is 4.79 Å². The highest BCUT2D eigenvalue weighted by molar-refractivity contribution is 5.98. The van der Waals surface area contributed by atoms with E-state index in [2.05, 4.69) is 29.3 Å². The Morgan fingerprint density at radius 1 is 1.42 bits per heavy atom. The largest absolute Gasteiger partial charge is 0.469 e. The molecular formula is C18H26N6O2. The molecule has 0 atom stereocenters. The van der Waals surface area contributed by atoms with Crippen LogP contribution >= 0.6 is 0 Å². The molecule has 0 bridgehead atoms. The van der Waals surface area contributed by atoms with Crippen molar-refractivity contribution in [3.05, 3.63) is 36.5 Å². The lowest BCUT2D eigenvalue weighted by molar-refractivity contribution is -0.120. The summed E-state index contributed by atoms with van der Waals surface area (Å²) in [5.41, 5.74) is 0.838. The van der Waals surface area contributed by atoms with Gasteiger partial charge in [0, 0.05) is 45.3 Å². The number of carbonyl (C=O) groups excluding carboxylic acids is 1. The summed E-state index contributed by atoms with van der Waals surface area (Å²) in [5.74, 6) is 1.73. The first-order valence-corrected chi connectivity index (χ1v) is 8.90. The fraction of sp³-hybridized carbons (Fsp3) is 0.500. The van der Waals surface area contributed by atoms with Crippen LogP contribution in [0.5, 0.6) is 0 Å². The predicted molar refractivity (Wildman–Crippen MR) is 100 cm³/mol. The summed E-state index contributed by atoms with van der Waals surface area (Å²) < 4.78 is 7.06. The fourth-order valence-electron chi connectivity index (χ4n) is 2.90. The van der Waals surface area contributed by atoms with Gasteiger partial charge in [0.05, 0.1) is 18.1 Å². The highest BCUT2D eigenvalue weighted by atomic mass is 16.3. The van der Waals surface area contributed by atoms with E-state index in [4.69, 9.17) is 4.42 Å². The van der Waals surface area contributed by atoms with E-state index in [1.54, 1.807) is 22.0 Å². The minimum absolute atomic E-state index is 0.0496. The second-order valence-corrected chi connectivity index (χ2v) is 6.67. The van der Waals surface area contributed by atoms with E-state index in [-0.39, 0.29) is 11.9 Å². The Morgan fingerprint density at radius 2 is 2.27 bits per heavy atom. The van der Waals surface area contributed by atoms with Crippen LogP contribution in [-0.2, 0) is 18.3 Å². The topological polar surface area (TPSA) is 78.9 Å². The number of carbonyl (C=O) groups is 1. The highest BCUT2D eigenvalue weighted by Crippen LogP contribution is 2.16. The molecule has 1 aliphatic rings. The number of rotatable bonds is 5. The molecule has 0 saturated carbocycles. The van der Waals surface area contributed by atoms with Gasteiger partial charge in [-0.1, -0.05) is 0 Å². The molecule has 0 unspecified atom stereocenters. The Bertz CT molecular complexity index is 750. The summed E-state index contributed by atoms with van der Waals surface area (Å²) in [6, 6.07) is 4.06. The molecule has 8 heteroatoms. The number of anilines is 1. The maximum atomic E-state index is 12.6.